The average Bonchev–Trinajstić information content (AvgIpc) is 2.50. The van der Waals surface area contributed by atoms with Crippen molar-refractivity contribution in [1.82, 2.24) is 5.16 Å². The van der Waals surface area contributed by atoms with Gasteiger partial charge in [0.2, 0.25) is 0 Å². The average molecular weight is 197 g/mol. The molecule has 0 amide bonds. The maximum absolute atomic E-state index is 11.5. The van der Waals surface area contributed by atoms with Crippen LogP contribution in [0, 0.1) is 0 Å². The number of carbonyl (C=O) groups is 1. The molecule has 1 rings (SSSR count). The SMILES string of the molecule is CCOC(=O)c1cnoc1C(C)(C)C. The lowest BCUT2D eigenvalue weighted by atomic mass is 9.90. The summed E-state index contributed by atoms with van der Waals surface area (Å²) in [6.45, 7) is 7.98. The van der Waals surface area contributed by atoms with Crippen LogP contribution in [0.5, 0.6) is 0 Å². The minimum absolute atomic E-state index is 0.238. The lowest BCUT2D eigenvalue weighted by molar-refractivity contribution is 0.0521. The highest BCUT2D eigenvalue weighted by Crippen LogP contribution is 2.25. The molecule has 0 aromatic carbocycles. The molecule has 0 saturated heterocycles. The Morgan fingerprint density at radius 1 is 1.57 bits per heavy atom. The van der Waals surface area contributed by atoms with E-state index in [9.17, 15) is 4.79 Å². The Kier molecular flexibility index (Phi) is 2.93. The third-order valence-electron chi connectivity index (χ3n) is 1.75. The maximum atomic E-state index is 11.5. The summed E-state index contributed by atoms with van der Waals surface area (Å²) in [4.78, 5) is 11.5. The zero-order chi connectivity index (χ0) is 10.8. The summed E-state index contributed by atoms with van der Waals surface area (Å²) in [6.07, 6.45) is 1.40. The quantitative estimate of drug-likeness (QED) is 0.681. The van der Waals surface area contributed by atoms with Crippen molar-refractivity contribution in [3.8, 4) is 0 Å². The van der Waals surface area contributed by atoms with Gasteiger partial charge in [-0.25, -0.2) is 4.79 Å². The molecule has 0 aliphatic heterocycles. The predicted molar refractivity (Wildman–Crippen MR) is 51.2 cm³/mol. The summed E-state index contributed by atoms with van der Waals surface area (Å²) in [5.74, 6) is 0.189. The van der Waals surface area contributed by atoms with Crippen LogP contribution in [0.25, 0.3) is 0 Å². The fourth-order valence-electron chi connectivity index (χ4n) is 1.13. The lowest BCUT2D eigenvalue weighted by Crippen LogP contribution is -2.16. The summed E-state index contributed by atoms with van der Waals surface area (Å²) < 4.78 is 9.93. The molecule has 0 saturated carbocycles. The van der Waals surface area contributed by atoms with Crippen LogP contribution in [0.4, 0.5) is 0 Å². The highest BCUT2D eigenvalue weighted by atomic mass is 16.5. The largest absolute Gasteiger partial charge is 0.462 e. The summed E-state index contributed by atoms with van der Waals surface area (Å²) in [5, 5.41) is 3.62. The third-order valence-corrected chi connectivity index (χ3v) is 1.75. The second-order valence-corrected chi connectivity index (χ2v) is 4.04. The van der Waals surface area contributed by atoms with E-state index >= 15 is 0 Å². The van der Waals surface area contributed by atoms with Gasteiger partial charge in [-0.15, -0.1) is 0 Å². The number of esters is 1. The van der Waals surface area contributed by atoms with Gasteiger partial charge in [-0.3, -0.25) is 0 Å². The van der Waals surface area contributed by atoms with Crippen LogP contribution < -0.4 is 0 Å². The molecule has 0 radical (unpaired) electrons. The molecule has 1 heterocycles. The first kappa shape index (κ1) is 10.8. The summed E-state index contributed by atoms with van der Waals surface area (Å²) in [7, 11) is 0. The standard InChI is InChI=1S/C10H15NO3/c1-5-13-9(12)7-6-11-14-8(7)10(2,3)4/h6H,5H2,1-4H3. The molecule has 4 nitrogen and oxygen atoms in total. The number of carbonyl (C=O) groups excluding carboxylic acids is 1. The van der Waals surface area contributed by atoms with E-state index in [2.05, 4.69) is 5.16 Å². The van der Waals surface area contributed by atoms with Gasteiger partial charge in [0.1, 0.15) is 5.56 Å². The van der Waals surface area contributed by atoms with E-state index in [1.807, 2.05) is 20.8 Å². The molecular formula is C10H15NO3. The molecule has 1 aromatic rings. The van der Waals surface area contributed by atoms with Crippen molar-refractivity contribution >= 4 is 5.97 Å². The molecule has 0 bridgehead atoms. The van der Waals surface area contributed by atoms with E-state index in [4.69, 9.17) is 9.26 Å². The smallest absolute Gasteiger partial charge is 0.343 e. The van der Waals surface area contributed by atoms with Gasteiger partial charge in [0, 0.05) is 5.41 Å². The van der Waals surface area contributed by atoms with E-state index < -0.39 is 0 Å². The number of hydrogen-bond acceptors (Lipinski definition) is 4. The van der Waals surface area contributed by atoms with Gasteiger partial charge in [-0.05, 0) is 6.92 Å². The van der Waals surface area contributed by atoms with Crippen molar-refractivity contribution in [3.63, 3.8) is 0 Å². The van der Waals surface area contributed by atoms with Crippen molar-refractivity contribution in [3.05, 3.63) is 17.5 Å². The molecule has 0 spiro atoms. The van der Waals surface area contributed by atoms with Crippen LogP contribution in [-0.2, 0) is 10.2 Å². The minimum Gasteiger partial charge on any atom is -0.462 e. The minimum atomic E-state index is -0.376. The second kappa shape index (κ2) is 3.82. The van der Waals surface area contributed by atoms with Gasteiger partial charge >= 0.3 is 5.97 Å². The van der Waals surface area contributed by atoms with Crippen LogP contribution in [0.15, 0.2) is 10.7 Å². The van der Waals surface area contributed by atoms with Gasteiger partial charge in [-0.2, -0.15) is 0 Å². The predicted octanol–water partition coefficient (Wildman–Crippen LogP) is 2.15. The molecular weight excluding hydrogens is 182 g/mol. The van der Waals surface area contributed by atoms with Crippen molar-refractivity contribution in [1.29, 1.82) is 0 Å². The number of aromatic nitrogens is 1. The Hall–Kier alpha value is -1.32. The Balaban J connectivity index is 2.99. The molecule has 4 heteroatoms. The summed E-state index contributed by atoms with van der Waals surface area (Å²) >= 11 is 0. The fourth-order valence-corrected chi connectivity index (χ4v) is 1.13. The summed E-state index contributed by atoms with van der Waals surface area (Å²) in [6, 6.07) is 0. The first-order valence-electron chi connectivity index (χ1n) is 4.59. The molecule has 0 unspecified atom stereocenters. The van der Waals surface area contributed by atoms with E-state index in [-0.39, 0.29) is 11.4 Å². The van der Waals surface area contributed by atoms with Crippen molar-refractivity contribution < 1.29 is 14.1 Å². The van der Waals surface area contributed by atoms with Gasteiger partial charge in [0.05, 0.1) is 12.8 Å². The first-order chi connectivity index (χ1) is 6.46. The molecule has 14 heavy (non-hydrogen) atoms. The molecule has 0 aliphatic carbocycles. The van der Waals surface area contributed by atoms with E-state index in [0.29, 0.717) is 17.9 Å². The number of rotatable bonds is 2. The van der Waals surface area contributed by atoms with Crippen LogP contribution in [0.3, 0.4) is 0 Å². The fraction of sp³-hybridized carbons (Fsp3) is 0.600. The van der Waals surface area contributed by atoms with Crippen molar-refractivity contribution in [2.45, 2.75) is 33.1 Å². The van der Waals surface area contributed by atoms with Crippen molar-refractivity contribution in [2.75, 3.05) is 6.61 Å². The molecule has 0 N–H and O–H groups in total. The zero-order valence-electron chi connectivity index (χ0n) is 8.96. The first-order valence-corrected chi connectivity index (χ1v) is 4.59. The van der Waals surface area contributed by atoms with Gasteiger partial charge < -0.3 is 9.26 Å². The molecule has 1 aromatic heterocycles. The van der Waals surface area contributed by atoms with Crippen LogP contribution in [0.1, 0.15) is 43.8 Å². The van der Waals surface area contributed by atoms with Crippen molar-refractivity contribution in [2.24, 2.45) is 0 Å². The van der Waals surface area contributed by atoms with Crippen LogP contribution >= 0.6 is 0 Å². The lowest BCUT2D eigenvalue weighted by Gasteiger charge is -2.14. The maximum Gasteiger partial charge on any atom is 0.343 e. The topological polar surface area (TPSA) is 52.3 Å². The highest BCUT2D eigenvalue weighted by molar-refractivity contribution is 5.90. The van der Waals surface area contributed by atoms with Crippen LogP contribution in [0.2, 0.25) is 0 Å². The second-order valence-electron chi connectivity index (χ2n) is 4.04. The molecule has 0 aliphatic rings. The van der Waals surface area contributed by atoms with E-state index in [0.717, 1.165) is 0 Å². The zero-order valence-corrected chi connectivity index (χ0v) is 8.96. The van der Waals surface area contributed by atoms with Gasteiger partial charge in [0.25, 0.3) is 0 Å². The molecule has 0 fully saturated rings. The Bertz CT molecular complexity index is 322. The summed E-state index contributed by atoms with van der Waals surface area (Å²) in [5.41, 5.74) is 0.179. The normalized spacial score (nSPS) is 11.4. The number of hydrogen-bond donors (Lipinski definition) is 0. The molecule has 0 atom stereocenters. The van der Waals surface area contributed by atoms with E-state index in [1.165, 1.54) is 6.20 Å². The van der Waals surface area contributed by atoms with Gasteiger partial charge in [-0.1, -0.05) is 25.9 Å². The molecule has 78 valence electrons. The van der Waals surface area contributed by atoms with Gasteiger partial charge in [0.15, 0.2) is 5.76 Å². The number of ether oxygens (including phenoxy) is 1. The highest BCUT2D eigenvalue weighted by Gasteiger charge is 2.27. The monoisotopic (exact) mass is 197 g/mol. The van der Waals surface area contributed by atoms with E-state index in [1.54, 1.807) is 6.92 Å². The Morgan fingerprint density at radius 3 is 2.71 bits per heavy atom. The Labute approximate surface area is 83.2 Å². The van der Waals surface area contributed by atoms with Crippen LogP contribution in [-0.4, -0.2) is 17.7 Å². The Morgan fingerprint density at radius 2 is 2.21 bits per heavy atom. The third kappa shape index (κ3) is 2.13. The number of nitrogens with zero attached hydrogens (tertiary/aromatic N) is 1.